The topological polar surface area (TPSA) is 84.7 Å². The van der Waals surface area contributed by atoms with Crippen molar-refractivity contribution in [2.75, 3.05) is 0 Å². The van der Waals surface area contributed by atoms with Crippen LogP contribution < -0.4 is 5.56 Å². The van der Waals surface area contributed by atoms with Gasteiger partial charge in [0.15, 0.2) is 0 Å². The molecule has 0 amide bonds. The summed E-state index contributed by atoms with van der Waals surface area (Å²) in [5.41, 5.74) is 1.35. The highest BCUT2D eigenvalue weighted by atomic mass is 32.2. The van der Waals surface area contributed by atoms with E-state index in [0.29, 0.717) is 39.3 Å². The molecule has 0 radical (unpaired) electrons. The smallest absolute Gasteiger partial charge is 0.260 e. The summed E-state index contributed by atoms with van der Waals surface area (Å²) in [4.78, 5) is 26.1. The molecule has 0 unspecified atom stereocenters. The Morgan fingerprint density at radius 2 is 1.97 bits per heavy atom. The third kappa shape index (κ3) is 3.81. The van der Waals surface area contributed by atoms with E-state index in [1.54, 1.807) is 23.5 Å². The molecule has 5 rings (SSSR count). The number of aromatic amines is 1. The van der Waals surface area contributed by atoms with Crippen molar-refractivity contribution in [3.8, 4) is 21.8 Å². The summed E-state index contributed by atoms with van der Waals surface area (Å²) in [6, 6.07) is 9.97. The molecule has 0 atom stereocenters. The Kier molecular flexibility index (Phi) is 5.19. The van der Waals surface area contributed by atoms with Gasteiger partial charge in [0.1, 0.15) is 16.5 Å². The van der Waals surface area contributed by atoms with Gasteiger partial charge >= 0.3 is 0 Å². The molecule has 0 aliphatic carbocycles. The van der Waals surface area contributed by atoms with Crippen LogP contribution in [-0.4, -0.2) is 20.1 Å². The monoisotopic (exact) mass is 456 g/mol. The second-order valence-electron chi connectivity index (χ2n) is 6.33. The van der Waals surface area contributed by atoms with E-state index in [0.717, 1.165) is 16.0 Å². The molecule has 1 aromatic carbocycles. The van der Waals surface area contributed by atoms with Crippen LogP contribution in [-0.2, 0) is 11.5 Å². The van der Waals surface area contributed by atoms with Crippen LogP contribution >= 0.6 is 34.4 Å². The van der Waals surface area contributed by atoms with Crippen LogP contribution in [0.25, 0.3) is 32.0 Å². The van der Waals surface area contributed by atoms with Crippen molar-refractivity contribution in [1.82, 2.24) is 20.1 Å². The van der Waals surface area contributed by atoms with E-state index < -0.39 is 0 Å². The average molecular weight is 457 g/mol. The second-order valence-corrected chi connectivity index (χ2v) is 9.12. The summed E-state index contributed by atoms with van der Waals surface area (Å²) in [5, 5.41) is 8.36. The molecule has 0 spiro atoms. The van der Waals surface area contributed by atoms with E-state index in [1.165, 1.54) is 35.2 Å². The van der Waals surface area contributed by atoms with Crippen LogP contribution in [0.15, 0.2) is 56.5 Å². The molecule has 0 saturated heterocycles. The molecule has 0 bridgehead atoms. The fourth-order valence-corrected chi connectivity index (χ4v) is 5.30. The summed E-state index contributed by atoms with van der Waals surface area (Å²) >= 11 is 4.48. The Labute approximate surface area is 181 Å². The third-order valence-corrected chi connectivity index (χ3v) is 6.99. The van der Waals surface area contributed by atoms with Gasteiger partial charge < -0.3 is 9.51 Å². The molecule has 4 aromatic heterocycles. The first-order valence-corrected chi connectivity index (χ1v) is 11.8. The number of halogens is 1. The average Bonchev–Trinajstić information content (AvgIpc) is 3.49. The van der Waals surface area contributed by atoms with Crippen molar-refractivity contribution < 1.29 is 8.91 Å². The quantitative estimate of drug-likeness (QED) is 0.371. The minimum atomic E-state index is -0.312. The van der Waals surface area contributed by atoms with Crippen LogP contribution in [0.3, 0.4) is 0 Å². The van der Waals surface area contributed by atoms with E-state index in [1.807, 2.05) is 22.9 Å². The van der Waals surface area contributed by atoms with Crippen molar-refractivity contribution in [3.63, 3.8) is 0 Å². The lowest BCUT2D eigenvalue weighted by Crippen LogP contribution is -2.10. The number of thiophene rings is 2. The Morgan fingerprint density at radius 3 is 2.77 bits per heavy atom. The highest BCUT2D eigenvalue weighted by molar-refractivity contribution is 7.97. The van der Waals surface area contributed by atoms with Gasteiger partial charge in [0.2, 0.25) is 11.7 Å². The molecule has 0 saturated carbocycles. The van der Waals surface area contributed by atoms with E-state index >= 15 is 0 Å². The number of thioether (sulfide) groups is 1. The number of nitrogens with zero attached hydrogens (tertiary/aromatic N) is 3. The van der Waals surface area contributed by atoms with Crippen molar-refractivity contribution in [3.05, 3.63) is 75.0 Å². The first kappa shape index (κ1) is 19.2. The number of fused-ring (bicyclic) bond motifs is 1. The van der Waals surface area contributed by atoms with Gasteiger partial charge in [0.05, 0.1) is 21.8 Å². The van der Waals surface area contributed by atoms with Crippen molar-refractivity contribution >= 4 is 44.7 Å². The normalized spacial score (nSPS) is 11.4. The number of hydrogen-bond acceptors (Lipinski definition) is 8. The summed E-state index contributed by atoms with van der Waals surface area (Å²) in [5.74, 6) is 2.41. The van der Waals surface area contributed by atoms with E-state index in [9.17, 15) is 9.18 Å². The molecule has 4 heterocycles. The molecule has 0 fully saturated rings. The molecular formula is C20H13FN4O2S3. The van der Waals surface area contributed by atoms with Crippen LogP contribution in [0, 0.1) is 5.82 Å². The summed E-state index contributed by atoms with van der Waals surface area (Å²) in [6.07, 6.45) is 0. The van der Waals surface area contributed by atoms with Gasteiger partial charge in [0.25, 0.3) is 5.56 Å². The van der Waals surface area contributed by atoms with Gasteiger partial charge in [-0.1, -0.05) is 23.4 Å². The number of hydrogen-bond donors (Lipinski definition) is 1. The maximum atomic E-state index is 13.2. The van der Waals surface area contributed by atoms with Crippen molar-refractivity contribution in [1.29, 1.82) is 0 Å². The molecule has 30 heavy (non-hydrogen) atoms. The Hall–Kier alpha value is -2.82. The summed E-state index contributed by atoms with van der Waals surface area (Å²) < 4.78 is 18.5. The highest BCUT2D eigenvalue weighted by Gasteiger charge is 2.14. The summed E-state index contributed by atoms with van der Waals surface area (Å²) in [6.45, 7) is 0. The number of H-pyrrole nitrogens is 1. The predicted molar refractivity (Wildman–Crippen MR) is 118 cm³/mol. The van der Waals surface area contributed by atoms with Crippen LogP contribution in [0.1, 0.15) is 11.7 Å². The van der Waals surface area contributed by atoms with Gasteiger partial charge in [-0.25, -0.2) is 9.37 Å². The Morgan fingerprint density at radius 1 is 1.10 bits per heavy atom. The fraction of sp³-hybridized carbons (Fsp3) is 0.100. The zero-order valence-electron chi connectivity index (χ0n) is 15.3. The minimum absolute atomic E-state index is 0.200. The lowest BCUT2D eigenvalue weighted by Gasteiger charge is -2.02. The number of rotatable bonds is 6. The lowest BCUT2D eigenvalue weighted by molar-refractivity contribution is 0.392. The first-order chi connectivity index (χ1) is 14.7. The second kappa shape index (κ2) is 8.13. The molecule has 6 nitrogen and oxygen atoms in total. The first-order valence-electron chi connectivity index (χ1n) is 8.88. The van der Waals surface area contributed by atoms with Crippen LogP contribution in [0.4, 0.5) is 4.39 Å². The number of nitrogens with one attached hydrogen (secondary N) is 1. The lowest BCUT2D eigenvalue weighted by atomic mass is 10.1. The maximum absolute atomic E-state index is 13.2. The Balaban J connectivity index is 1.31. The van der Waals surface area contributed by atoms with Gasteiger partial charge in [0, 0.05) is 10.9 Å². The van der Waals surface area contributed by atoms with Gasteiger partial charge in [-0.05, 0) is 29.1 Å². The SMILES string of the molecule is O=c1[nH]c(CSCc2nc(-c3cccs3)no2)nc2scc(-c3ccc(F)cc3)c12. The largest absolute Gasteiger partial charge is 0.338 e. The van der Waals surface area contributed by atoms with Gasteiger partial charge in [-0.15, -0.1) is 34.4 Å². The van der Waals surface area contributed by atoms with Gasteiger partial charge in [-0.3, -0.25) is 4.79 Å². The Bertz CT molecular complexity index is 1360. The zero-order valence-corrected chi connectivity index (χ0v) is 17.7. The highest BCUT2D eigenvalue weighted by Crippen LogP contribution is 2.31. The maximum Gasteiger partial charge on any atom is 0.260 e. The third-order valence-electron chi connectivity index (χ3n) is 4.32. The summed E-state index contributed by atoms with van der Waals surface area (Å²) in [7, 11) is 0. The zero-order chi connectivity index (χ0) is 20.5. The number of benzene rings is 1. The van der Waals surface area contributed by atoms with Crippen LogP contribution in [0.5, 0.6) is 0 Å². The predicted octanol–water partition coefficient (Wildman–Crippen LogP) is 5.34. The molecule has 1 N–H and O–H groups in total. The molecular weight excluding hydrogens is 443 g/mol. The molecule has 0 aliphatic rings. The van der Waals surface area contributed by atoms with Gasteiger partial charge in [-0.2, -0.15) is 4.98 Å². The molecule has 150 valence electrons. The fourth-order valence-electron chi connectivity index (χ4n) is 2.96. The van der Waals surface area contributed by atoms with E-state index in [-0.39, 0.29) is 11.4 Å². The number of aromatic nitrogens is 4. The van der Waals surface area contributed by atoms with Crippen LogP contribution in [0.2, 0.25) is 0 Å². The van der Waals surface area contributed by atoms with Crippen molar-refractivity contribution in [2.45, 2.75) is 11.5 Å². The molecule has 5 aromatic rings. The molecule has 0 aliphatic heterocycles. The van der Waals surface area contributed by atoms with Crippen molar-refractivity contribution in [2.24, 2.45) is 0 Å². The van der Waals surface area contributed by atoms with E-state index in [2.05, 4.69) is 20.1 Å². The minimum Gasteiger partial charge on any atom is -0.338 e. The molecule has 10 heteroatoms. The standard InChI is InChI=1S/C20H13FN4O2S3/c21-12-5-3-11(4-6-12)13-8-30-20-17(13)19(26)22-15(23-20)9-28-10-16-24-18(25-27-16)14-2-1-7-29-14/h1-8H,9-10H2,(H,22,23,26). The van der Waals surface area contributed by atoms with E-state index in [4.69, 9.17) is 4.52 Å².